The SMILES string of the molecule is O=C(Nc1cccc(-c2noc(=O)[nH]2)c1)c1cnn(-c2ccccc2F)c1-n1cccc1. The van der Waals surface area contributed by atoms with Crippen molar-refractivity contribution in [2.45, 2.75) is 0 Å². The Morgan fingerprint density at radius 3 is 2.62 bits per heavy atom. The maximum Gasteiger partial charge on any atom is 0.439 e. The van der Waals surface area contributed by atoms with Crippen LogP contribution in [-0.4, -0.2) is 30.4 Å². The van der Waals surface area contributed by atoms with Crippen LogP contribution in [0.2, 0.25) is 0 Å². The number of anilines is 1. The van der Waals surface area contributed by atoms with Crippen LogP contribution < -0.4 is 11.1 Å². The number of halogens is 1. The molecule has 9 nitrogen and oxygen atoms in total. The highest BCUT2D eigenvalue weighted by atomic mass is 19.1. The van der Waals surface area contributed by atoms with Crippen LogP contribution in [0.1, 0.15) is 10.4 Å². The Labute approximate surface area is 179 Å². The number of aromatic amines is 1. The predicted molar refractivity (Wildman–Crippen MR) is 113 cm³/mol. The average molecular weight is 430 g/mol. The Morgan fingerprint density at radius 2 is 1.88 bits per heavy atom. The molecule has 0 aliphatic carbocycles. The zero-order chi connectivity index (χ0) is 22.1. The zero-order valence-electron chi connectivity index (χ0n) is 16.4. The lowest BCUT2D eigenvalue weighted by Gasteiger charge is -2.12. The third kappa shape index (κ3) is 3.49. The van der Waals surface area contributed by atoms with Gasteiger partial charge in [-0.1, -0.05) is 29.4 Å². The molecule has 0 aliphatic rings. The van der Waals surface area contributed by atoms with E-state index < -0.39 is 17.5 Å². The first-order valence-corrected chi connectivity index (χ1v) is 9.54. The first kappa shape index (κ1) is 19.2. The van der Waals surface area contributed by atoms with Gasteiger partial charge in [0.15, 0.2) is 11.6 Å². The number of nitrogens with zero attached hydrogens (tertiary/aromatic N) is 4. The van der Waals surface area contributed by atoms with Crippen LogP contribution in [0.15, 0.2) is 88.6 Å². The van der Waals surface area contributed by atoms with E-state index in [1.165, 1.54) is 16.9 Å². The Morgan fingerprint density at radius 1 is 1.06 bits per heavy atom. The first-order chi connectivity index (χ1) is 15.6. The molecular formula is C22H15FN6O3. The van der Waals surface area contributed by atoms with Gasteiger partial charge in [-0.3, -0.25) is 14.3 Å². The lowest BCUT2D eigenvalue weighted by molar-refractivity contribution is 0.102. The number of aromatic nitrogens is 5. The van der Waals surface area contributed by atoms with E-state index in [2.05, 4.69) is 25.1 Å². The standard InChI is InChI=1S/C22H15FN6O3/c23-17-8-1-2-9-18(17)29-21(28-10-3-4-11-28)16(13-24-29)20(30)25-15-7-5-6-14(12-15)19-26-22(31)32-27-19/h1-13H,(H,25,30)(H,26,27,31). The lowest BCUT2D eigenvalue weighted by atomic mass is 10.2. The van der Waals surface area contributed by atoms with Crippen molar-refractivity contribution in [2.24, 2.45) is 0 Å². The molecule has 5 rings (SSSR count). The number of carbonyl (C=O) groups is 1. The highest BCUT2D eigenvalue weighted by Crippen LogP contribution is 2.24. The maximum atomic E-state index is 14.5. The van der Waals surface area contributed by atoms with E-state index in [4.69, 9.17) is 0 Å². The molecule has 5 aromatic rings. The topological polar surface area (TPSA) is 111 Å². The molecule has 2 aromatic carbocycles. The predicted octanol–water partition coefficient (Wildman–Crippen LogP) is 3.40. The van der Waals surface area contributed by atoms with Crippen LogP contribution in [-0.2, 0) is 0 Å². The number of hydrogen-bond acceptors (Lipinski definition) is 5. The average Bonchev–Trinajstić information content (AvgIpc) is 3.54. The molecule has 2 N–H and O–H groups in total. The van der Waals surface area contributed by atoms with E-state index in [0.29, 0.717) is 17.1 Å². The van der Waals surface area contributed by atoms with Crippen molar-refractivity contribution in [1.29, 1.82) is 0 Å². The van der Waals surface area contributed by atoms with Crippen LogP contribution in [0.3, 0.4) is 0 Å². The molecule has 0 fully saturated rings. The smallest absolute Gasteiger partial charge is 0.322 e. The van der Waals surface area contributed by atoms with Gasteiger partial charge in [0.05, 0.1) is 6.20 Å². The third-order valence-corrected chi connectivity index (χ3v) is 4.75. The summed E-state index contributed by atoms with van der Waals surface area (Å²) in [5.41, 5.74) is 1.48. The number of carbonyl (C=O) groups excluding carboxylic acids is 1. The quantitative estimate of drug-likeness (QED) is 0.444. The van der Waals surface area contributed by atoms with Gasteiger partial charge in [0.2, 0.25) is 0 Å². The van der Waals surface area contributed by atoms with E-state index in [1.54, 1.807) is 71.6 Å². The molecule has 0 saturated carbocycles. The number of para-hydroxylation sites is 1. The normalized spacial score (nSPS) is 10.9. The summed E-state index contributed by atoms with van der Waals surface area (Å²) >= 11 is 0. The summed E-state index contributed by atoms with van der Waals surface area (Å²) in [6.07, 6.45) is 4.87. The maximum absolute atomic E-state index is 14.5. The second-order valence-corrected chi connectivity index (χ2v) is 6.81. The molecule has 0 atom stereocenters. The minimum Gasteiger partial charge on any atom is -0.322 e. The molecule has 10 heteroatoms. The summed E-state index contributed by atoms with van der Waals surface area (Å²) in [5.74, 6) is -0.959. The zero-order valence-corrected chi connectivity index (χ0v) is 16.4. The first-order valence-electron chi connectivity index (χ1n) is 9.54. The largest absolute Gasteiger partial charge is 0.439 e. The second-order valence-electron chi connectivity index (χ2n) is 6.81. The van der Waals surface area contributed by atoms with Gasteiger partial charge in [0.25, 0.3) is 5.91 Å². The van der Waals surface area contributed by atoms with Gasteiger partial charge in [0.1, 0.15) is 17.1 Å². The van der Waals surface area contributed by atoms with Gasteiger partial charge in [-0.25, -0.2) is 13.9 Å². The minimum absolute atomic E-state index is 0.215. The fourth-order valence-electron chi connectivity index (χ4n) is 3.32. The number of H-pyrrole nitrogens is 1. The van der Waals surface area contributed by atoms with Gasteiger partial charge in [-0.05, 0) is 36.4 Å². The van der Waals surface area contributed by atoms with E-state index in [1.807, 2.05) is 0 Å². The molecule has 3 heterocycles. The van der Waals surface area contributed by atoms with E-state index >= 15 is 0 Å². The summed E-state index contributed by atoms with van der Waals surface area (Å²) in [6, 6.07) is 16.5. The summed E-state index contributed by atoms with van der Waals surface area (Å²) in [5, 5.41) is 10.7. The van der Waals surface area contributed by atoms with E-state index in [0.717, 1.165) is 0 Å². The van der Waals surface area contributed by atoms with Gasteiger partial charge < -0.3 is 9.88 Å². The van der Waals surface area contributed by atoms with Crippen LogP contribution in [0.25, 0.3) is 22.9 Å². The molecule has 0 radical (unpaired) electrons. The Balaban J connectivity index is 1.52. The number of nitrogens with one attached hydrogen (secondary N) is 2. The van der Waals surface area contributed by atoms with Crippen LogP contribution in [0, 0.1) is 5.82 Å². The number of hydrogen-bond donors (Lipinski definition) is 2. The van der Waals surface area contributed by atoms with Crippen molar-refractivity contribution in [1.82, 2.24) is 24.5 Å². The monoisotopic (exact) mass is 430 g/mol. The number of amides is 1. The Hall–Kier alpha value is -4.73. The summed E-state index contributed by atoms with van der Waals surface area (Å²) in [7, 11) is 0. The Kier molecular flexibility index (Phi) is 4.71. The van der Waals surface area contributed by atoms with Gasteiger partial charge >= 0.3 is 5.76 Å². The van der Waals surface area contributed by atoms with Crippen LogP contribution in [0.4, 0.5) is 10.1 Å². The van der Waals surface area contributed by atoms with E-state index in [-0.39, 0.29) is 17.1 Å². The molecule has 0 saturated heterocycles. The highest BCUT2D eigenvalue weighted by Gasteiger charge is 2.21. The van der Waals surface area contributed by atoms with Crippen LogP contribution >= 0.6 is 0 Å². The molecule has 0 bridgehead atoms. The molecule has 0 aliphatic heterocycles. The van der Waals surface area contributed by atoms with Crippen LogP contribution in [0.5, 0.6) is 0 Å². The molecule has 1 amide bonds. The summed E-state index contributed by atoms with van der Waals surface area (Å²) in [4.78, 5) is 26.8. The van der Waals surface area contributed by atoms with Gasteiger partial charge in [-0.2, -0.15) is 5.10 Å². The second kappa shape index (κ2) is 7.84. The molecule has 0 unspecified atom stereocenters. The summed E-state index contributed by atoms with van der Waals surface area (Å²) < 4.78 is 22.0. The van der Waals surface area contributed by atoms with Crippen molar-refractivity contribution < 1.29 is 13.7 Å². The minimum atomic E-state index is -0.675. The van der Waals surface area contributed by atoms with Crippen molar-refractivity contribution in [3.05, 3.63) is 101 Å². The van der Waals surface area contributed by atoms with E-state index in [9.17, 15) is 14.0 Å². The molecule has 3 aromatic heterocycles. The Bertz CT molecular complexity index is 1460. The van der Waals surface area contributed by atoms with Crippen molar-refractivity contribution in [3.8, 4) is 22.9 Å². The fraction of sp³-hybridized carbons (Fsp3) is 0. The van der Waals surface area contributed by atoms with Crippen molar-refractivity contribution in [2.75, 3.05) is 5.32 Å². The third-order valence-electron chi connectivity index (χ3n) is 4.75. The molecule has 158 valence electrons. The highest BCUT2D eigenvalue weighted by molar-refractivity contribution is 6.06. The summed E-state index contributed by atoms with van der Waals surface area (Å²) in [6.45, 7) is 0. The molecular weight excluding hydrogens is 415 g/mol. The van der Waals surface area contributed by atoms with Gasteiger partial charge in [-0.15, -0.1) is 0 Å². The molecule has 0 spiro atoms. The van der Waals surface area contributed by atoms with Crippen molar-refractivity contribution in [3.63, 3.8) is 0 Å². The number of benzene rings is 2. The molecule has 32 heavy (non-hydrogen) atoms. The van der Waals surface area contributed by atoms with Crippen molar-refractivity contribution >= 4 is 11.6 Å². The number of rotatable bonds is 5. The van der Waals surface area contributed by atoms with Gasteiger partial charge in [0, 0.05) is 23.6 Å². The lowest BCUT2D eigenvalue weighted by Crippen LogP contribution is -2.15. The fourth-order valence-corrected chi connectivity index (χ4v) is 3.32.